The van der Waals surface area contributed by atoms with E-state index in [1.165, 1.54) is 5.56 Å². The highest BCUT2D eigenvalue weighted by atomic mass is 19.1. The van der Waals surface area contributed by atoms with Gasteiger partial charge in [-0.15, -0.1) is 0 Å². The van der Waals surface area contributed by atoms with Crippen molar-refractivity contribution in [1.29, 1.82) is 0 Å². The molecule has 2 nitrogen and oxygen atoms in total. The van der Waals surface area contributed by atoms with Crippen molar-refractivity contribution in [2.24, 2.45) is 7.05 Å². The zero-order valence-corrected chi connectivity index (χ0v) is 20.0. The molecule has 0 radical (unpaired) electrons. The van der Waals surface area contributed by atoms with Crippen LogP contribution in [0.3, 0.4) is 0 Å². The molecule has 4 aromatic carbocycles. The van der Waals surface area contributed by atoms with Gasteiger partial charge in [-0.25, -0.2) is 8.96 Å². The van der Waals surface area contributed by atoms with E-state index in [9.17, 15) is 0 Å². The second-order valence-corrected chi connectivity index (χ2v) is 9.18. The summed E-state index contributed by atoms with van der Waals surface area (Å²) < 4.78 is 24.1. The molecule has 6 aromatic rings. The average molecular weight is 459 g/mol. The predicted molar refractivity (Wildman–Crippen MR) is 141 cm³/mol. The van der Waals surface area contributed by atoms with E-state index in [2.05, 4.69) is 61.0 Å². The molecule has 2 heterocycles. The fourth-order valence-corrected chi connectivity index (χ4v) is 5.06. The summed E-state index contributed by atoms with van der Waals surface area (Å²) in [6, 6.07) is 30.0. The third-order valence-electron chi connectivity index (χ3n) is 6.76. The summed E-state index contributed by atoms with van der Waals surface area (Å²) in [6.45, 7) is 4.17. The average Bonchev–Trinajstić information content (AvgIpc) is 3.23. The van der Waals surface area contributed by atoms with Gasteiger partial charge in [0.15, 0.2) is 6.20 Å². The number of rotatable bonds is 3. The van der Waals surface area contributed by atoms with Gasteiger partial charge in [0.25, 0.3) is 0 Å². The Labute approximate surface area is 203 Å². The van der Waals surface area contributed by atoms with Gasteiger partial charge in [-0.1, -0.05) is 60.7 Å². The molecule has 0 saturated carbocycles. The first-order chi connectivity index (χ1) is 17.0. The maximum absolute atomic E-state index is 15.4. The van der Waals surface area contributed by atoms with E-state index >= 15 is 4.39 Å². The van der Waals surface area contributed by atoms with Crippen LogP contribution in [0, 0.1) is 19.7 Å². The number of furan rings is 1. The summed E-state index contributed by atoms with van der Waals surface area (Å²) in [5, 5.41) is 1.90. The first kappa shape index (κ1) is 21.3. The fourth-order valence-electron chi connectivity index (χ4n) is 5.06. The number of benzene rings is 4. The van der Waals surface area contributed by atoms with Gasteiger partial charge in [-0.05, 0) is 60.4 Å². The van der Waals surface area contributed by atoms with E-state index in [-0.39, 0.29) is 5.82 Å². The number of hydrogen-bond acceptors (Lipinski definition) is 1. The van der Waals surface area contributed by atoms with Gasteiger partial charge in [0.1, 0.15) is 24.0 Å². The molecule has 0 aliphatic carbocycles. The van der Waals surface area contributed by atoms with Crippen LogP contribution >= 0.6 is 0 Å². The van der Waals surface area contributed by atoms with Crippen LogP contribution in [0.15, 0.2) is 102 Å². The zero-order chi connectivity index (χ0) is 24.1. The van der Waals surface area contributed by atoms with Crippen LogP contribution in [-0.4, -0.2) is 0 Å². The summed E-state index contributed by atoms with van der Waals surface area (Å²) in [5.74, 6) is -0.291. The Morgan fingerprint density at radius 1 is 0.657 bits per heavy atom. The number of aryl methyl sites for hydroxylation is 3. The molecule has 0 fully saturated rings. The molecule has 0 unspecified atom stereocenters. The summed E-state index contributed by atoms with van der Waals surface area (Å²) in [5.41, 5.74) is 9.18. The minimum atomic E-state index is -0.291. The maximum atomic E-state index is 15.4. The van der Waals surface area contributed by atoms with E-state index in [4.69, 9.17) is 4.42 Å². The molecule has 170 valence electrons. The predicted octanol–water partition coefficient (Wildman–Crippen LogP) is 8.17. The number of pyridine rings is 1. The van der Waals surface area contributed by atoms with Crippen LogP contribution in [0.4, 0.5) is 4.39 Å². The number of halogens is 1. The lowest BCUT2D eigenvalue weighted by molar-refractivity contribution is -0.660. The van der Waals surface area contributed by atoms with Crippen LogP contribution in [-0.2, 0) is 7.05 Å². The van der Waals surface area contributed by atoms with E-state index in [1.807, 2.05) is 55.6 Å². The fraction of sp³-hybridized carbons (Fsp3) is 0.0938. The molecule has 0 atom stereocenters. The Morgan fingerprint density at radius 2 is 1.34 bits per heavy atom. The molecule has 35 heavy (non-hydrogen) atoms. The van der Waals surface area contributed by atoms with Crippen LogP contribution in [0.2, 0.25) is 0 Å². The van der Waals surface area contributed by atoms with Gasteiger partial charge < -0.3 is 4.42 Å². The Kier molecular flexibility index (Phi) is 5.00. The Morgan fingerprint density at radius 3 is 2.11 bits per heavy atom. The zero-order valence-electron chi connectivity index (χ0n) is 20.0. The number of nitrogens with zero attached hydrogens (tertiary/aromatic N) is 1. The summed E-state index contributed by atoms with van der Waals surface area (Å²) in [6.07, 6.45) is 2.11. The lowest BCUT2D eigenvalue weighted by Gasteiger charge is -2.08. The molecule has 0 aliphatic rings. The molecule has 0 bridgehead atoms. The molecular weight excluding hydrogens is 433 g/mol. The molecule has 0 saturated heterocycles. The van der Waals surface area contributed by atoms with Crippen molar-refractivity contribution in [1.82, 2.24) is 0 Å². The summed E-state index contributed by atoms with van der Waals surface area (Å²) in [7, 11) is 2.05. The van der Waals surface area contributed by atoms with Crippen LogP contribution in [0.5, 0.6) is 0 Å². The number of fused-ring (bicyclic) bond motifs is 3. The number of aromatic nitrogens is 1. The van der Waals surface area contributed by atoms with Crippen molar-refractivity contribution in [2.75, 3.05) is 0 Å². The van der Waals surface area contributed by atoms with Crippen LogP contribution < -0.4 is 4.57 Å². The monoisotopic (exact) mass is 458 g/mol. The smallest absolute Gasteiger partial charge is 0.216 e. The molecular formula is C32H25FNO+. The Balaban J connectivity index is 1.63. The summed E-state index contributed by atoms with van der Waals surface area (Å²) in [4.78, 5) is 0. The van der Waals surface area contributed by atoms with E-state index < -0.39 is 0 Å². The largest absolute Gasteiger partial charge is 0.454 e. The van der Waals surface area contributed by atoms with Crippen molar-refractivity contribution in [3.63, 3.8) is 0 Å². The molecule has 0 aliphatic heterocycles. The quantitative estimate of drug-likeness (QED) is 0.244. The highest BCUT2D eigenvalue weighted by Gasteiger charge is 2.23. The molecule has 6 rings (SSSR count). The van der Waals surface area contributed by atoms with E-state index in [0.29, 0.717) is 11.1 Å². The first-order valence-corrected chi connectivity index (χ1v) is 11.8. The van der Waals surface area contributed by atoms with Gasteiger partial charge in [-0.3, -0.25) is 0 Å². The molecule has 3 heteroatoms. The van der Waals surface area contributed by atoms with Gasteiger partial charge in [0.2, 0.25) is 5.69 Å². The van der Waals surface area contributed by atoms with Gasteiger partial charge in [-0.2, -0.15) is 0 Å². The Bertz CT molecular complexity index is 1730. The second-order valence-electron chi connectivity index (χ2n) is 9.18. The minimum Gasteiger partial charge on any atom is -0.454 e. The van der Waals surface area contributed by atoms with Crippen molar-refractivity contribution in [3.05, 3.63) is 114 Å². The van der Waals surface area contributed by atoms with Crippen molar-refractivity contribution < 1.29 is 13.4 Å². The summed E-state index contributed by atoms with van der Waals surface area (Å²) >= 11 is 0. The lowest BCUT2D eigenvalue weighted by Crippen LogP contribution is -2.31. The number of hydrogen-bond donors (Lipinski definition) is 0. The van der Waals surface area contributed by atoms with Crippen LogP contribution in [0.1, 0.15) is 11.1 Å². The Hall–Kier alpha value is -4.24. The van der Waals surface area contributed by atoms with E-state index in [1.54, 1.807) is 6.07 Å². The second kappa shape index (κ2) is 8.21. The molecule has 0 amide bonds. The third-order valence-corrected chi connectivity index (χ3v) is 6.76. The van der Waals surface area contributed by atoms with E-state index in [0.717, 1.165) is 49.9 Å². The van der Waals surface area contributed by atoms with Crippen LogP contribution in [0.25, 0.3) is 55.4 Å². The molecule has 0 N–H and O–H groups in total. The standard InChI is InChI=1S/C32H25FNO/c1-20-12-17-28(34(3)19-20)29-21(2)13-14-25-26-15-16-27(33)30(32(26)35-31(25)29)24-11-7-10-23(18-24)22-8-5-4-6-9-22/h4-19H,1-3H3/q+1. The minimum absolute atomic E-state index is 0.291. The molecule has 2 aromatic heterocycles. The molecule has 0 spiro atoms. The van der Waals surface area contributed by atoms with Crippen molar-refractivity contribution >= 4 is 21.9 Å². The normalized spacial score (nSPS) is 11.4. The lowest BCUT2D eigenvalue weighted by atomic mass is 9.96. The van der Waals surface area contributed by atoms with Gasteiger partial charge in [0, 0.05) is 22.4 Å². The van der Waals surface area contributed by atoms with Crippen molar-refractivity contribution in [3.8, 4) is 33.5 Å². The highest BCUT2D eigenvalue weighted by Crippen LogP contribution is 2.42. The van der Waals surface area contributed by atoms with Gasteiger partial charge >= 0.3 is 0 Å². The SMILES string of the molecule is Cc1ccc(-c2c(C)ccc3c2oc2c(-c4cccc(-c5ccccc5)c4)c(F)ccc23)[n+](C)c1. The van der Waals surface area contributed by atoms with Gasteiger partial charge in [0.05, 0.1) is 11.1 Å². The van der Waals surface area contributed by atoms with Crippen molar-refractivity contribution in [2.45, 2.75) is 13.8 Å². The third kappa shape index (κ3) is 3.52. The first-order valence-electron chi connectivity index (χ1n) is 11.8. The maximum Gasteiger partial charge on any atom is 0.216 e. The topological polar surface area (TPSA) is 17.0 Å². The highest BCUT2D eigenvalue weighted by molar-refractivity contribution is 6.13.